The minimum atomic E-state index is -0.964. The molecule has 1 unspecified atom stereocenters. The maximum Gasteiger partial charge on any atom is 0.223 e. The topological polar surface area (TPSA) is 66.4 Å². The second-order valence-electron chi connectivity index (χ2n) is 4.43. The maximum absolute atomic E-state index is 11.7. The van der Waals surface area contributed by atoms with E-state index in [0.717, 1.165) is 11.6 Å². The Morgan fingerprint density at radius 1 is 1.32 bits per heavy atom. The number of nitrogens with one attached hydrogen (secondary N) is 1. The highest BCUT2D eigenvalue weighted by Gasteiger charge is 2.15. The molecule has 0 aliphatic rings. The van der Waals surface area contributed by atoms with Crippen LogP contribution in [0.5, 0.6) is 0 Å². The van der Waals surface area contributed by atoms with E-state index < -0.39 is 6.10 Å². The summed E-state index contributed by atoms with van der Waals surface area (Å²) in [6.45, 7) is 5.19. The lowest BCUT2D eigenvalue weighted by molar-refractivity contribution is -0.124. The molecule has 0 radical (unpaired) electrons. The van der Waals surface area contributed by atoms with Crippen molar-refractivity contribution in [3.05, 3.63) is 48.6 Å². The van der Waals surface area contributed by atoms with Gasteiger partial charge in [-0.15, -0.1) is 0 Å². The Hall–Kier alpha value is -1.94. The van der Waals surface area contributed by atoms with Gasteiger partial charge in [0.1, 0.15) is 0 Å². The number of hydrogen-bond acceptors (Lipinski definition) is 3. The molecule has 0 saturated heterocycles. The third-order valence-electron chi connectivity index (χ3n) is 2.76. The Balaban J connectivity index is 2.43. The van der Waals surface area contributed by atoms with E-state index in [-0.39, 0.29) is 30.6 Å². The van der Waals surface area contributed by atoms with Crippen LogP contribution in [0.3, 0.4) is 0 Å². The summed E-state index contributed by atoms with van der Waals surface area (Å²) in [5.74, 6) is -0.544. The minimum Gasteiger partial charge on any atom is -0.392 e. The van der Waals surface area contributed by atoms with Crippen molar-refractivity contribution in [3.8, 4) is 0 Å². The van der Waals surface area contributed by atoms with Crippen molar-refractivity contribution in [1.29, 1.82) is 0 Å². The number of ketones is 1. The van der Waals surface area contributed by atoms with E-state index in [1.807, 2.05) is 37.3 Å². The Morgan fingerprint density at radius 2 is 1.95 bits per heavy atom. The van der Waals surface area contributed by atoms with Crippen LogP contribution in [0, 0.1) is 0 Å². The predicted octanol–water partition coefficient (Wildman–Crippen LogP) is 1.76. The minimum absolute atomic E-state index is 0.0728. The van der Waals surface area contributed by atoms with E-state index in [2.05, 4.69) is 11.9 Å². The average molecular weight is 261 g/mol. The van der Waals surface area contributed by atoms with Crippen molar-refractivity contribution in [2.24, 2.45) is 0 Å². The van der Waals surface area contributed by atoms with Gasteiger partial charge in [0.25, 0.3) is 0 Å². The monoisotopic (exact) mass is 261 g/mol. The molecule has 0 aliphatic heterocycles. The molecule has 19 heavy (non-hydrogen) atoms. The molecule has 2 N–H and O–H groups in total. The van der Waals surface area contributed by atoms with Crippen molar-refractivity contribution >= 4 is 11.7 Å². The molecule has 1 amide bonds. The molecule has 4 heteroatoms. The number of carbonyl (C=O) groups is 2. The van der Waals surface area contributed by atoms with Gasteiger partial charge in [0, 0.05) is 6.42 Å². The van der Waals surface area contributed by atoms with E-state index in [4.69, 9.17) is 0 Å². The molecular formula is C15H19NO3. The summed E-state index contributed by atoms with van der Waals surface area (Å²) in [5.41, 5.74) is 0.993. The fourth-order valence-corrected chi connectivity index (χ4v) is 1.73. The molecule has 0 aliphatic carbocycles. The molecule has 1 rings (SSSR count). The number of rotatable bonds is 7. The number of allylic oxidation sites excluding steroid dienone is 1. The van der Waals surface area contributed by atoms with Crippen LogP contribution in [0.2, 0.25) is 0 Å². The van der Waals surface area contributed by atoms with Crippen LogP contribution < -0.4 is 5.32 Å². The molecule has 0 spiro atoms. The first-order valence-corrected chi connectivity index (χ1v) is 6.20. The Bertz CT molecular complexity index is 442. The van der Waals surface area contributed by atoms with E-state index in [1.54, 1.807) is 0 Å². The molecule has 0 fully saturated rings. The molecule has 0 heterocycles. The first kappa shape index (κ1) is 15.1. The third kappa shape index (κ3) is 5.48. The summed E-state index contributed by atoms with van der Waals surface area (Å²) in [6.07, 6.45) is 0.0228. The number of aliphatic hydroxyl groups is 1. The summed E-state index contributed by atoms with van der Waals surface area (Å²) >= 11 is 0. The van der Waals surface area contributed by atoms with Crippen molar-refractivity contribution in [1.82, 2.24) is 5.32 Å². The predicted molar refractivity (Wildman–Crippen MR) is 73.4 cm³/mol. The smallest absolute Gasteiger partial charge is 0.223 e. The number of benzene rings is 1. The second-order valence-corrected chi connectivity index (χ2v) is 4.43. The molecule has 4 nitrogen and oxygen atoms in total. The Labute approximate surface area is 113 Å². The van der Waals surface area contributed by atoms with E-state index in [9.17, 15) is 14.7 Å². The maximum atomic E-state index is 11.7. The van der Waals surface area contributed by atoms with Crippen LogP contribution in [-0.2, 0) is 9.59 Å². The normalized spacial score (nSPS) is 13.4. The highest BCUT2D eigenvalue weighted by atomic mass is 16.3. The zero-order valence-electron chi connectivity index (χ0n) is 11.0. The van der Waals surface area contributed by atoms with Crippen LogP contribution in [0.25, 0.3) is 0 Å². The van der Waals surface area contributed by atoms with Crippen LogP contribution in [0.15, 0.2) is 43.0 Å². The fourth-order valence-electron chi connectivity index (χ4n) is 1.73. The van der Waals surface area contributed by atoms with Crippen LogP contribution >= 0.6 is 0 Å². The molecular weight excluding hydrogens is 242 g/mol. The van der Waals surface area contributed by atoms with Gasteiger partial charge in [-0.3, -0.25) is 9.59 Å². The lowest BCUT2D eigenvalue weighted by Crippen LogP contribution is -2.30. The van der Waals surface area contributed by atoms with Gasteiger partial charge in [-0.25, -0.2) is 0 Å². The summed E-state index contributed by atoms with van der Waals surface area (Å²) < 4.78 is 0. The summed E-state index contributed by atoms with van der Waals surface area (Å²) in [6, 6.07) is 9.41. The molecule has 2 atom stereocenters. The number of amides is 1. The van der Waals surface area contributed by atoms with Gasteiger partial charge in [0.15, 0.2) is 5.78 Å². The summed E-state index contributed by atoms with van der Waals surface area (Å²) in [5, 5.41) is 12.4. The number of hydrogen-bond donors (Lipinski definition) is 2. The average Bonchev–Trinajstić information content (AvgIpc) is 2.39. The molecule has 0 aromatic heterocycles. The van der Waals surface area contributed by atoms with E-state index in [0.29, 0.717) is 0 Å². The van der Waals surface area contributed by atoms with Crippen LogP contribution in [0.4, 0.5) is 0 Å². The van der Waals surface area contributed by atoms with E-state index in [1.165, 1.54) is 0 Å². The number of carbonyl (C=O) groups excluding carboxylic acids is 2. The zero-order valence-corrected chi connectivity index (χ0v) is 11.0. The third-order valence-corrected chi connectivity index (χ3v) is 2.76. The van der Waals surface area contributed by atoms with Crippen LogP contribution in [0.1, 0.15) is 31.4 Å². The SMILES string of the molecule is C=CC(=O)CC(O)CC(=O)N[C@@H](C)c1ccccc1. The van der Waals surface area contributed by atoms with Crippen molar-refractivity contribution in [2.45, 2.75) is 31.9 Å². The Kier molecular flexibility index (Phi) is 5.96. The fraction of sp³-hybridized carbons (Fsp3) is 0.333. The lowest BCUT2D eigenvalue weighted by atomic mass is 10.1. The van der Waals surface area contributed by atoms with Crippen molar-refractivity contribution in [3.63, 3.8) is 0 Å². The number of aliphatic hydroxyl groups excluding tert-OH is 1. The van der Waals surface area contributed by atoms with Gasteiger partial charge in [-0.05, 0) is 18.6 Å². The van der Waals surface area contributed by atoms with Gasteiger partial charge in [0.2, 0.25) is 5.91 Å². The Morgan fingerprint density at radius 3 is 2.53 bits per heavy atom. The quantitative estimate of drug-likeness (QED) is 0.735. The first-order chi connectivity index (χ1) is 9.02. The molecule has 1 aromatic carbocycles. The standard InChI is InChI=1S/C15H19NO3/c1-3-13(17)9-14(18)10-15(19)16-11(2)12-7-5-4-6-8-12/h3-8,11,14,18H,1,9-10H2,2H3,(H,16,19)/t11-,14?/m0/s1. The molecule has 1 aromatic rings. The van der Waals surface area contributed by atoms with Gasteiger partial charge in [0.05, 0.1) is 18.6 Å². The summed E-state index contributed by atoms with van der Waals surface area (Å²) in [4.78, 5) is 22.7. The molecule has 0 bridgehead atoms. The first-order valence-electron chi connectivity index (χ1n) is 6.20. The highest BCUT2D eigenvalue weighted by molar-refractivity contribution is 5.90. The molecule has 102 valence electrons. The van der Waals surface area contributed by atoms with Crippen molar-refractivity contribution < 1.29 is 14.7 Å². The van der Waals surface area contributed by atoms with Gasteiger partial charge in [-0.2, -0.15) is 0 Å². The van der Waals surface area contributed by atoms with E-state index >= 15 is 0 Å². The lowest BCUT2D eigenvalue weighted by Gasteiger charge is -2.15. The van der Waals surface area contributed by atoms with Crippen molar-refractivity contribution in [2.75, 3.05) is 0 Å². The van der Waals surface area contributed by atoms with Gasteiger partial charge < -0.3 is 10.4 Å². The largest absolute Gasteiger partial charge is 0.392 e. The second kappa shape index (κ2) is 7.48. The summed E-state index contributed by atoms with van der Waals surface area (Å²) in [7, 11) is 0. The van der Waals surface area contributed by atoms with Gasteiger partial charge >= 0.3 is 0 Å². The highest BCUT2D eigenvalue weighted by Crippen LogP contribution is 2.11. The van der Waals surface area contributed by atoms with Gasteiger partial charge in [-0.1, -0.05) is 36.9 Å². The zero-order chi connectivity index (χ0) is 14.3. The molecule has 0 saturated carbocycles. The van der Waals surface area contributed by atoms with Crippen LogP contribution in [-0.4, -0.2) is 22.9 Å².